The van der Waals surface area contributed by atoms with E-state index < -0.39 is 0 Å². The van der Waals surface area contributed by atoms with Gasteiger partial charge >= 0.3 is 29.6 Å². The van der Waals surface area contributed by atoms with Crippen LogP contribution in [0.2, 0.25) is 0 Å². The molecule has 1 aliphatic rings. The summed E-state index contributed by atoms with van der Waals surface area (Å²) >= 11 is 0. The normalized spacial score (nSPS) is 18.6. The summed E-state index contributed by atoms with van der Waals surface area (Å²) in [6, 6.07) is 0. The number of Topliss-reactive ketones (excluding diaryl/α,β-unsaturated/α-hetero) is 1. The molecular weight excluding hydrogens is 111 g/mol. The van der Waals surface area contributed by atoms with Crippen molar-refractivity contribution in [3.05, 3.63) is 5.92 Å². The first-order chi connectivity index (χ1) is 3.30. The summed E-state index contributed by atoms with van der Waals surface area (Å²) in [6.45, 7) is 1.93. The van der Waals surface area contributed by atoms with E-state index in [-0.39, 0.29) is 29.6 Å². The van der Waals surface area contributed by atoms with Crippen LogP contribution in [0.5, 0.6) is 0 Å². The van der Waals surface area contributed by atoms with Crippen LogP contribution in [0.3, 0.4) is 0 Å². The summed E-state index contributed by atoms with van der Waals surface area (Å²) < 4.78 is 0. The average molecular weight is 120 g/mol. The Labute approximate surface area is 72.1 Å². The number of hydrogen-bond donors (Lipinski definition) is 0. The van der Waals surface area contributed by atoms with E-state index in [2.05, 4.69) is 0 Å². The van der Waals surface area contributed by atoms with Gasteiger partial charge < -0.3 is 10.7 Å². The molecule has 0 heterocycles. The summed E-state index contributed by atoms with van der Waals surface area (Å²) in [7, 11) is 0. The Morgan fingerprint density at radius 2 is 2.25 bits per heavy atom. The molecule has 2 heteroatoms. The van der Waals surface area contributed by atoms with Gasteiger partial charge in [0, 0.05) is 5.78 Å². The van der Waals surface area contributed by atoms with Gasteiger partial charge in [0.1, 0.15) is 0 Å². The van der Waals surface area contributed by atoms with Crippen LogP contribution in [0.1, 0.15) is 26.2 Å². The molecule has 0 N–H and O–H groups in total. The molecule has 40 valence electrons. The van der Waals surface area contributed by atoms with E-state index in [1.807, 2.05) is 6.92 Å². The Balaban J connectivity index is 0.000000490. The largest absolute Gasteiger partial charge is 1.00 e. The van der Waals surface area contributed by atoms with Crippen LogP contribution in [0.15, 0.2) is 0 Å². The number of ketones is 1. The molecule has 0 unspecified atom stereocenters. The maximum Gasteiger partial charge on any atom is 1.00 e. The van der Waals surface area contributed by atoms with Crippen molar-refractivity contribution in [3.63, 3.8) is 0 Å². The predicted octanol–water partition coefficient (Wildman–Crippen LogP) is -1.66. The Morgan fingerprint density at radius 1 is 1.62 bits per heavy atom. The molecule has 0 aromatic rings. The van der Waals surface area contributed by atoms with E-state index in [4.69, 9.17) is 0 Å². The second-order valence-electron chi connectivity index (χ2n) is 2.06. The van der Waals surface area contributed by atoms with Crippen LogP contribution in [0.4, 0.5) is 0 Å². The van der Waals surface area contributed by atoms with Gasteiger partial charge in [-0.1, -0.05) is 6.42 Å². The maximum atomic E-state index is 10.5. The third-order valence-electron chi connectivity index (χ3n) is 1.43. The van der Waals surface area contributed by atoms with E-state index >= 15 is 0 Å². The first-order valence-corrected chi connectivity index (χ1v) is 2.66. The van der Waals surface area contributed by atoms with Crippen LogP contribution in [-0.2, 0) is 4.79 Å². The van der Waals surface area contributed by atoms with Gasteiger partial charge in [0.2, 0.25) is 0 Å². The minimum absolute atomic E-state index is 0. The van der Waals surface area contributed by atoms with Crippen molar-refractivity contribution in [1.29, 1.82) is 0 Å². The zero-order chi connectivity index (χ0) is 5.28. The van der Waals surface area contributed by atoms with Crippen molar-refractivity contribution in [1.82, 2.24) is 0 Å². The van der Waals surface area contributed by atoms with Crippen molar-refractivity contribution in [2.75, 3.05) is 0 Å². The van der Waals surface area contributed by atoms with Crippen LogP contribution in [-0.4, -0.2) is 5.78 Å². The summed E-state index contributed by atoms with van der Waals surface area (Å²) in [6.07, 6.45) is 2.93. The topological polar surface area (TPSA) is 17.1 Å². The molecule has 1 rings (SSSR count). The van der Waals surface area contributed by atoms with Gasteiger partial charge in [0.15, 0.2) is 0 Å². The molecule has 1 aliphatic carbocycles. The zero-order valence-corrected chi connectivity index (χ0v) is 7.53. The molecule has 1 nitrogen and oxygen atoms in total. The molecular formula is C6H9NaO. The van der Waals surface area contributed by atoms with Crippen LogP contribution in [0, 0.1) is 5.92 Å². The summed E-state index contributed by atoms with van der Waals surface area (Å²) in [4.78, 5) is 10.5. The minimum atomic E-state index is 0. The zero-order valence-electron chi connectivity index (χ0n) is 5.53. The van der Waals surface area contributed by atoms with Crippen molar-refractivity contribution in [2.45, 2.75) is 26.2 Å². The molecule has 0 atom stereocenters. The standard InChI is InChI=1S/C6H9O.Na/c1-5-3-2-4-6(5)7;/h2-4H2,1H3;/q-1;+1. The molecule has 0 amide bonds. The fraction of sp³-hybridized carbons (Fsp3) is 0.667. The molecule has 0 spiro atoms. The smallest absolute Gasteiger partial charge is 0.334 e. The second-order valence-corrected chi connectivity index (χ2v) is 2.06. The van der Waals surface area contributed by atoms with E-state index in [1.165, 1.54) is 0 Å². The maximum absolute atomic E-state index is 10.5. The van der Waals surface area contributed by atoms with Crippen molar-refractivity contribution in [2.24, 2.45) is 0 Å². The van der Waals surface area contributed by atoms with Gasteiger partial charge in [-0.3, -0.25) is 0 Å². The summed E-state index contributed by atoms with van der Waals surface area (Å²) in [5.74, 6) is 1.44. The average Bonchev–Trinajstić information content (AvgIpc) is 1.91. The van der Waals surface area contributed by atoms with Crippen molar-refractivity contribution in [3.8, 4) is 0 Å². The third-order valence-corrected chi connectivity index (χ3v) is 1.43. The van der Waals surface area contributed by atoms with Gasteiger partial charge in [0.25, 0.3) is 0 Å². The molecule has 0 radical (unpaired) electrons. The molecule has 1 saturated carbocycles. The van der Waals surface area contributed by atoms with Gasteiger partial charge in [-0.2, -0.15) is 13.3 Å². The summed E-state index contributed by atoms with van der Waals surface area (Å²) in [5.41, 5.74) is 0. The Bertz CT molecular complexity index is 90.5. The molecule has 0 aliphatic heterocycles. The Hall–Kier alpha value is 0.540. The second kappa shape index (κ2) is 3.54. The molecule has 0 aromatic heterocycles. The van der Waals surface area contributed by atoms with Crippen LogP contribution >= 0.6 is 0 Å². The van der Waals surface area contributed by atoms with Gasteiger partial charge in [-0.15, -0.1) is 0 Å². The number of hydrogen-bond acceptors (Lipinski definition) is 1. The van der Waals surface area contributed by atoms with E-state index in [0.29, 0.717) is 5.78 Å². The number of carbonyl (C=O) groups is 1. The van der Waals surface area contributed by atoms with Gasteiger partial charge in [0.05, 0.1) is 0 Å². The molecule has 1 fully saturated rings. The number of rotatable bonds is 0. The third kappa shape index (κ3) is 1.81. The number of carbonyl (C=O) groups excluding carboxylic acids is 1. The van der Waals surface area contributed by atoms with E-state index in [1.54, 1.807) is 0 Å². The minimum Gasteiger partial charge on any atom is -0.334 e. The molecule has 0 bridgehead atoms. The van der Waals surface area contributed by atoms with Crippen molar-refractivity contribution >= 4 is 5.78 Å². The predicted molar refractivity (Wildman–Crippen MR) is 27.8 cm³/mol. The van der Waals surface area contributed by atoms with Gasteiger partial charge in [-0.05, 0) is 6.42 Å². The Morgan fingerprint density at radius 3 is 2.38 bits per heavy atom. The van der Waals surface area contributed by atoms with E-state index in [0.717, 1.165) is 25.2 Å². The Kier molecular flexibility index (Phi) is 3.78. The van der Waals surface area contributed by atoms with Gasteiger partial charge in [-0.25, -0.2) is 0 Å². The van der Waals surface area contributed by atoms with Crippen LogP contribution < -0.4 is 29.6 Å². The first-order valence-electron chi connectivity index (χ1n) is 2.66. The van der Waals surface area contributed by atoms with E-state index in [9.17, 15) is 4.79 Å². The molecule has 8 heavy (non-hydrogen) atoms. The monoisotopic (exact) mass is 120 g/mol. The molecule has 0 saturated heterocycles. The summed E-state index contributed by atoms with van der Waals surface area (Å²) in [5, 5.41) is 0. The van der Waals surface area contributed by atoms with Crippen LogP contribution in [0.25, 0.3) is 0 Å². The SMILES string of the molecule is C[C-]1CCCC1=O.[Na+]. The fourth-order valence-corrected chi connectivity index (χ4v) is 0.867. The fourth-order valence-electron chi connectivity index (χ4n) is 0.867. The molecule has 0 aromatic carbocycles. The van der Waals surface area contributed by atoms with Crippen molar-refractivity contribution < 1.29 is 34.4 Å². The quantitative estimate of drug-likeness (QED) is 0.276. The first kappa shape index (κ1) is 8.54.